The molecule has 2 aromatic carbocycles. The molecule has 1 aliphatic rings. The molecule has 1 fully saturated rings. The molecule has 8 heteroatoms. The molecule has 4 aromatic rings. The highest BCUT2D eigenvalue weighted by Gasteiger charge is 2.20. The first-order valence-corrected chi connectivity index (χ1v) is 11.5. The van der Waals surface area contributed by atoms with Gasteiger partial charge in [-0.3, -0.25) is 9.36 Å². The van der Waals surface area contributed by atoms with Crippen molar-refractivity contribution >= 4 is 34.3 Å². The SMILES string of the molecule is O=c1c2ccccc2nc(SCc2cc(-c3ccc(Cl)cc3)no2)n1CC1CCCO1. The highest BCUT2D eigenvalue weighted by Crippen LogP contribution is 2.27. The van der Waals surface area contributed by atoms with E-state index in [1.54, 1.807) is 4.57 Å². The summed E-state index contributed by atoms with van der Waals surface area (Å²) < 4.78 is 13.0. The number of rotatable bonds is 6. The van der Waals surface area contributed by atoms with Gasteiger partial charge in [-0.25, -0.2) is 4.98 Å². The lowest BCUT2D eigenvalue weighted by Crippen LogP contribution is -2.28. The second kappa shape index (κ2) is 8.86. The third kappa shape index (κ3) is 4.39. The number of halogens is 1. The van der Waals surface area contributed by atoms with E-state index < -0.39 is 0 Å². The van der Waals surface area contributed by atoms with Crippen LogP contribution in [0.5, 0.6) is 0 Å². The standard InChI is InChI=1S/C23H20ClN3O3S/c24-16-9-7-15(8-10-16)21-12-18(30-26-21)14-31-23-25-20-6-2-1-5-19(20)22(28)27(23)13-17-4-3-11-29-17/h1-2,5-10,12,17H,3-4,11,13-14H2. The Hall–Kier alpha value is -2.61. The number of thioether (sulfide) groups is 1. The van der Waals surface area contributed by atoms with E-state index >= 15 is 0 Å². The van der Waals surface area contributed by atoms with Gasteiger partial charge in [0.05, 0.1) is 29.3 Å². The summed E-state index contributed by atoms with van der Waals surface area (Å²) in [4.78, 5) is 17.9. The van der Waals surface area contributed by atoms with Crippen LogP contribution in [0.25, 0.3) is 22.2 Å². The summed E-state index contributed by atoms with van der Waals surface area (Å²) in [5.41, 5.74) is 2.33. The van der Waals surface area contributed by atoms with Gasteiger partial charge in [0, 0.05) is 23.3 Å². The van der Waals surface area contributed by atoms with E-state index in [4.69, 9.17) is 25.8 Å². The molecule has 158 valence electrons. The molecule has 31 heavy (non-hydrogen) atoms. The van der Waals surface area contributed by atoms with Crippen molar-refractivity contribution in [3.8, 4) is 11.3 Å². The molecular formula is C23H20ClN3O3S. The van der Waals surface area contributed by atoms with Crippen molar-refractivity contribution < 1.29 is 9.26 Å². The van der Waals surface area contributed by atoms with E-state index in [0.717, 1.165) is 30.7 Å². The van der Waals surface area contributed by atoms with Crippen LogP contribution in [0.4, 0.5) is 0 Å². The molecule has 0 aliphatic carbocycles. The van der Waals surface area contributed by atoms with Gasteiger partial charge in [-0.15, -0.1) is 0 Å². The lowest BCUT2D eigenvalue weighted by atomic mass is 10.1. The van der Waals surface area contributed by atoms with E-state index in [9.17, 15) is 4.79 Å². The third-order valence-corrected chi connectivity index (χ3v) is 6.53. The van der Waals surface area contributed by atoms with Crippen molar-refractivity contribution in [2.45, 2.75) is 36.4 Å². The number of benzene rings is 2. The predicted octanol–water partition coefficient (Wildman–Crippen LogP) is 5.18. The summed E-state index contributed by atoms with van der Waals surface area (Å²) in [5.74, 6) is 1.22. The van der Waals surface area contributed by atoms with Gasteiger partial charge in [-0.1, -0.05) is 52.8 Å². The van der Waals surface area contributed by atoms with E-state index in [2.05, 4.69) is 5.16 Å². The molecule has 0 amide bonds. The first-order chi connectivity index (χ1) is 15.2. The van der Waals surface area contributed by atoms with Gasteiger partial charge in [0.25, 0.3) is 5.56 Å². The highest BCUT2D eigenvalue weighted by atomic mass is 35.5. The average Bonchev–Trinajstić information content (AvgIpc) is 3.47. The van der Waals surface area contributed by atoms with Gasteiger partial charge in [-0.2, -0.15) is 0 Å². The summed E-state index contributed by atoms with van der Waals surface area (Å²) in [6, 6.07) is 16.8. The zero-order valence-corrected chi connectivity index (χ0v) is 18.2. The topological polar surface area (TPSA) is 70.2 Å². The Morgan fingerprint density at radius 1 is 1.16 bits per heavy atom. The molecule has 2 aromatic heterocycles. The van der Waals surface area contributed by atoms with E-state index in [-0.39, 0.29) is 11.7 Å². The van der Waals surface area contributed by atoms with Gasteiger partial charge in [-0.05, 0) is 37.1 Å². The molecule has 0 radical (unpaired) electrons. The zero-order valence-electron chi connectivity index (χ0n) is 16.7. The molecule has 1 unspecified atom stereocenters. The van der Waals surface area contributed by atoms with Crippen LogP contribution in [-0.2, 0) is 17.0 Å². The Labute approximate surface area is 188 Å². The summed E-state index contributed by atoms with van der Waals surface area (Å²) in [6.07, 6.45) is 2.02. The van der Waals surface area contributed by atoms with Gasteiger partial charge >= 0.3 is 0 Å². The van der Waals surface area contributed by atoms with Gasteiger partial charge in [0.15, 0.2) is 5.16 Å². The number of hydrogen-bond donors (Lipinski definition) is 0. The Kier molecular flexibility index (Phi) is 5.80. The fourth-order valence-electron chi connectivity index (χ4n) is 3.68. The number of nitrogens with zero attached hydrogens (tertiary/aromatic N) is 3. The lowest BCUT2D eigenvalue weighted by Gasteiger charge is -2.16. The van der Waals surface area contributed by atoms with Gasteiger partial charge in [0.1, 0.15) is 11.5 Å². The van der Waals surface area contributed by atoms with Crippen molar-refractivity contribution in [1.29, 1.82) is 0 Å². The Morgan fingerprint density at radius 3 is 2.81 bits per heavy atom. The van der Waals surface area contributed by atoms with Crippen LogP contribution in [0.1, 0.15) is 18.6 Å². The summed E-state index contributed by atoms with van der Waals surface area (Å²) in [7, 11) is 0. The van der Waals surface area contributed by atoms with Crippen molar-refractivity contribution in [3.63, 3.8) is 0 Å². The van der Waals surface area contributed by atoms with Crippen molar-refractivity contribution in [2.75, 3.05) is 6.61 Å². The minimum atomic E-state index is -0.0389. The number of aromatic nitrogens is 3. The minimum absolute atomic E-state index is 0.0389. The van der Waals surface area contributed by atoms with E-state index in [1.807, 2.05) is 54.6 Å². The molecule has 6 nitrogen and oxygen atoms in total. The average molecular weight is 454 g/mol. The van der Waals surface area contributed by atoms with Crippen molar-refractivity contribution in [3.05, 3.63) is 75.7 Å². The molecule has 1 saturated heterocycles. The number of hydrogen-bond acceptors (Lipinski definition) is 6. The fraction of sp³-hybridized carbons (Fsp3) is 0.261. The largest absolute Gasteiger partial charge is 0.376 e. The molecule has 0 N–H and O–H groups in total. The maximum atomic E-state index is 13.2. The molecule has 1 aliphatic heterocycles. The Bertz CT molecular complexity index is 1260. The van der Waals surface area contributed by atoms with Gasteiger partial charge in [0.2, 0.25) is 0 Å². The minimum Gasteiger partial charge on any atom is -0.376 e. The molecule has 1 atom stereocenters. The molecule has 5 rings (SSSR count). The fourth-order valence-corrected chi connectivity index (χ4v) is 4.69. The van der Waals surface area contributed by atoms with Crippen molar-refractivity contribution in [2.24, 2.45) is 0 Å². The van der Waals surface area contributed by atoms with Crippen LogP contribution < -0.4 is 5.56 Å². The lowest BCUT2D eigenvalue weighted by molar-refractivity contribution is 0.0937. The first kappa shape index (κ1) is 20.3. The van der Waals surface area contributed by atoms with Crippen LogP contribution in [0.3, 0.4) is 0 Å². The van der Waals surface area contributed by atoms with Crippen LogP contribution >= 0.6 is 23.4 Å². The smallest absolute Gasteiger partial charge is 0.262 e. The van der Waals surface area contributed by atoms with Crippen LogP contribution in [0, 0.1) is 0 Å². The van der Waals surface area contributed by atoms with Gasteiger partial charge < -0.3 is 9.26 Å². The summed E-state index contributed by atoms with van der Waals surface area (Å²) in [6.45, 7) is 1.25. The quantitative estimate of drug-likeness (QED) is 0.296. The van der Waals surface area contributed by atoms with Crippen LogP contribution in [0.2, 0.25) is 5.02 Å². The summed E-state index contributed by atoms with van der Waals surface area (Å²) in [5, 5.41) is 6.11. The Balaban J connectivity index is 1.41. The van der Waals surface area contributed by atoms with Crippen molar-refractivity contribution in [1.82, 2.24) is 14.7 Å². The van der Waals surface area contributed by atoms with Crippen LogP contribution in [0.15, 0.2) is 69.1 Å². The monoisotopic (exact) mass is 453 g/mol. The van der Waals surface area contributed by atoms with E-state index in [1.165, 1.54) is 11.8 Å². The van der Waals surface area contributed by atoms with E-state index in [0.29, 0.717) is 39.1 Å². The predicted molar refractivity (Wildman–Crippen MR) is 121 cm³/mol. The molecule has 0 saturated carbocycles. The normalized spacial score (nSPS) is 16.2. The molecule has 0 bridgehead atoms. The second-order valence-corrected chi connectivity index (χ2v) is 8.82. The second-order valence-electron chi connectivity index (χ2n) is 7.44. The molecular weight excluding hydrogens is 434 g/mol. The first-order valence-electron chi connectivity index (χ1n) is 10.1. The van der Waals surface area contributed by atoms with Crippen LogP contribution in [-0.4, -0.2) is 27.4 Å². The molecule has 3 heterocycles. The maximum absolute atomic E-state index is 13.2. The summed E-state index contributed by atoms with van der Waals surface area (Å²) >= 11 is 7.43. The maximum Gasteiger partial charge on any atom is 0.262 e. The number of ether oxygens (including phenoxy) is 1. The highest BCUT2D eigenvalue weighted by molar-refractivity contribution is 7.98. The Morgan fingerprint density at radius 2 is 2.00 bits per heavy atom. The zero-order chi connectivity index (χ0) is 21.2. The number of fused-ring (bicyclic) bond motifs is 1. The third-order valence-electron chi connectivity index (χ3n) is 5.28. The number of para-hydroxylation sites is 1. The molecule has 0 spiro atoms.